The summed E-state index contributed by atoms with van der Waals surface area (Å²) in [6, 6.07) is 0. The van der Waals surface area contributed by atoms with Gasteiger partial charge in [-0.3, -0.25) is 4.79 Å². The zero-order valence-electron chi connectivity index (χ0n) is 7.41. The summed E-state index contributed by atoms with van der Waals surface area (Å²) in [4.78, 5) is 19.6. The predicted molar refractivity (Wildman–Crippen MR) is 50.8 cm³/mol. The number of ketones is 1. The molecule has 3 nitrogen and oxygen atoms in total. The van der Waals surface area contributed by atoms with Gasteiger partial charge >= 0.3 is 0 Å². The Balaban J connectivity index is 2.36. The first-order chi connectivity index (χ1) is 6.29. The largest absolute Gasteiger partial charge is 0.299 e. The first-order valence-corrected chi connectivity index (χ1v) is 5.42. The predicted octanol–water partition coefficient (Wildman–Crippen LogP) is 1.26. The summed E-state index contributed by atoms with van der Waals surface area (Å²) in [6.45, 7) is 0. The van der Waals surface area contributed by atoms with Crippen molar-refractivity contribution in [2.75, 3.05) is 6.26 Å². The molecule has 0 atom stereocenters. The minimum atomic E-state index is 0.299. The third kappa shape index (κ3) is 1.72. The summed E-state index contributed by atoms with van der Waals surface area (Å²) in [6.07, 6.45) is 5.67. The minimum absolute atomic E-state index is 0.299. The van der Waals surface area contributed by atoms with Crippen LogP contribution in [0.2, 0.25) is 0 Å². The van der Waals surface area contributed by atoms with E-state index in [0.717, 1.165) is 22.8 Å². The molecule has 1 aromatic rings. The van der Waals surface area contributed by atoms with Crippen molar-refractivity contribution in [1.82, 2.24) is 9.97 Å². The molecule has 0 saturated carbocycles. The van der Waals surface area contributed by atoms with Gasteiger partial charge in [-0.2, -0.15) is 0 Å². The number of hydrogen-bond donors (Lipinski definition) is 0. The molecule has 2 rings (SSSR count). The molecule has 68 valence electrons. The summed E-state index contributed by atoms with van der Waals surface area (Å²) in [5.74, 6) is 0.299. The van der Waals surface area contributed by atoms with Crippen LogP contribution >= 0.6 is 11.8 Å². The van der Waals surface area contributed by atoms with Crippen molar-refractivity contribution in [2.24, 2.45) is 0 Å². The molecule has 0 unspecified atom stereocenters. The Bertz CT molecular complexity index is 351. The number of rotatable bonds is 1. The van der Waals surface area contributed by atoms with E-state index in [1.807, 2.05) is 6.26 Å². The van der Waals surface area contributed by atoms with Crippen molar-refractivity contribution in [3.63, 3.8) is 0 Å². The van der Waals surface area contributed by atoms with E-state index in [9.17, 15) is 4.79 Å². The summed E-state index contributed by atoms with van der Waals surface area (Å²) in [7, 11) is 0. The Labute approximate surface area is 81.0 Å². The van der Waals surface area contributed by atoms with Crippen LogP contribution in [0, 0.1) is 0 Å². The lowest BCUT2D eigenvalue weighted by Gasteiger charge is -2.13. The normalized spacial score (nSPS) is 15.6. The number of hydrogen-bond acceptors (Lipinski definition) is 4. The number of carbonyl (C=O) groups excluding carboxylic acids is 1. The highest BCUT2D eigenvalue weighted by molar-refractivity contribution is 7.98. The minimum Gasteiger partial charge on any atom is -0.299 e. The van der Waals surface area contributed by atoms with Crippen molar-refractivity contribution >= 4 is 17.5 Å². The first kappa shape index (κ1) is 8.69. The summed E-state index contributed by atoms with van der Waals surface area (Å²) < 4.78 is 0. The van der Waals surface area contributed by atoms with E-state index in [1.165, 1.54) is 11.8 Å². The second kappa shape index (κ2) is 3.46. The molecule has 0 fully saturated rings. The van der Waals surface area contributed by atoms with Gasteiger partial charge < -0.3 is 0 Å². The van der Waals surface area contributed by atoms with Gasteiger partial charge in [0.2, 0.25) is 0 Å². The fourth-order valence-corrected chi connectivity index (χ4v) is 1.80. The molecule has 0 amide bonds. The van der Waals surface area contributed by atoms with Crippen LogP contribution in [-0.4, -0.2) is 22.0 Å². The highest BCUT2D eigenvalue weighted by atomic mass is 32.2. The fourth-order valence-electron chi connectivity index (χ4n) is 1.44. The van der Waals surface area contributed by atoms with Crippen LogP contribution in [0.1, 0.15) is 17.7 Å². The molecule has 0 saturated heterocycles. The smallest absolute Gasteiger partial charge is 0.187 e. The molecule has 13 heavy (non-hydrogen) atoms. The van der Waals surface area contributed by atoms with Crippen LogP contribution in [-0.2, 0) is 17.6 Å². The van der Waals surface area contributed by atoms with Gasteiger partial charge in [0.25, 0.3) is 0 Å². The lowest BCUT2D eigenvalue weighted by atomic mass is 9.96. The van der Waals surface area contributed by atoms with Gasteiger partial charge in [-0.05, 0) is 18.2 Å². The topological polar surface area (TPSA) is 42.9 Å². The van der Waals surface area contributed by atoms with Crippen LogP contribution in [0.15, 0.2) is 11.4 Å². The summed E-state index contributed by atoms with van der Waals surface area (Å²) in [5, 5.41) is 0.799. The Morgan fingerprint density at radius 2 is 2.31 bits per heavy atom. The number of aryl methyl sites for hydroxylation is 1. The maximum Gasteiger partial charge on any atom is 0.187 e. The van der Waals surface area contributed by atoms with Gasteiger partial charge in [0.05, 0.1) is 0 Å². The molecule has 4 heteroatoms. The Morgan fingerprint density at radius 3 is 3.08 bits per heavy atom. The average molecular weight is 194 g/mol. The third-order valence-electron chi connectivity index (χ3n) is 2.14. The SMILES string of the molecule is CSc1ncc2c(n1)CCC(=O)C2. The van der Waals surface area contributed by atoms with E-state index in [-0.39, 0.29) is 0 Å². The average Bonchev–Trinajstić information content (AvgIpc) is 2.17. The molecule has 1 heterocycles. The second-order valence-corrected chi connectivity index (χ2v) is 3.82. The van der Waals surface area contributed by atoms with Crippen LogP contribution in [0.25, 0.3) is 0 Å². The number of fused-ring (bicyclic) bond motifs is 1. The van der Waals surface area contributed by atoms with Crippen LogP contribution in [0.3, 0.4) is 0 Å². The van der Waals surface area contributed by atoms with Crippen molar-refractivity contribution in [3.05, 3.63) is 17.5 Å². The maximum absolute atomic E-state index is 11.1. The molecule has 0 bridgehead atoms. The van der Waals surface area contributed by atoms with Gasteiger partial charge in [-0.25, -0.2) is 9.97 Å². The monoisotopic (exact) mass is 194 g/mol. The Hall–Kier alpha value is -0.900. The zero-order valence-corrected chi connectivity index (χ0v) is 8.23. The van der Waals surface area contributed by atoms with Gasteiger partial charge in [0.15, 0.2) is 5.16 Å². The second-order valence-electron chi connectivity index (χ2n) is 3.04. The third-order valence-corrected chi connectivity index (χ3v) is 2.70. The summed E-state index contributed by atoms with van der Waals surface area (Å²) in [5.41, 5.74) is 2.06. The first-order valence-electron chi connectivity index (χ1n) is 4.20. The van der Waals surface area contributed by atoms with E-state index in [0.29, 0.717) is 18.6 Å². The van der Waals surface area contributed by atoms with E-state index >= 15 is 0 Å². The van der Waals surface area contributed by atoms with E-state index < -0.39 is 0 Å². The molecule has 0 aliphatic heterocycles. The molecule has 0 radical (unpaired) electrons. The van der Waals surface area contributed by atoms with E-state index in [4.69, 9.17) is 0 Å². The van der Waals surface area contributed by atoms with E-state index in [1.54, 1.807) is 6.20 Å². The van der Waals surface area contributed by atoms with Crippen molar-refractivity contribution in [2.45, 2.75) is 24.4 Å². The van der Waals surface area contributed by atoms with Crippen LogP contribution in [0.5, 0.6) is 0 Å². The molecule has 0 N–H and O–H groups in total. The van der Waals surface area contributed by atoms with Crippen LogP contribution < -0.4 is 0 Å². The van der Waals surface area contributed by atoms with Gasteiger partial charge in [-0.1, -0.05) is 11.8 Å². The molecular formula is C9H10N2OS. The van der Waals surface area contributed by atoms with Gasteiger partial charge in [0.1, 0.15) is 5.78 Å². The van der Waals surface area contributed by atoms with Gasteiger partial charge in [-0.15, -0.1) is 0 Å². The molecule has 0 aromatic carbocycles. The van der Waals surface area contributed by atoms with E-state index in [2.05, 4.69) is 9.97 Å². The number of carbonyl (C=O) groups is 1. The Kier molecular flexibility index (Phi) is 2.31. The molecule has 1 aromatic heterocycles. The summed E-state index contributed by atoms with van der Waals surface area (Å²) >= 11 is 1.54. The highest BCUT2D eigenvalue weighted by Gasteiger charge is 2.17. The lowest BCUT2D eigenvalue weighted by Crippen LogP contribution is -2.15. The molecule has 1 aliphatic carbocycles. The quantitative estimate of drug-likeness (QED) is 0.498. The number of nitrogens with zero attached hydrogens (tertiary/aromatic N) is 2. The standard InChI is InChI=1S/C9H10N2OS/c1-13-9-10-5-6-4-7(12)2-3-8(6)11-9/h5H,2-4H2,1H3. The number of Topliss-reactive ketones (excluding diaryl/α,β-unsaturated/α-hetero) is 1. The van der Waals surface area contributed by atoms with Crippen molar-refractivity contribution < 1.29 is 4.79 Å². The molecule has 0 spiro atoms. The number of aromatic nitrogens is 2. The van der Waals surface area contributed by atoms with Crippen LogP contribution in [0.4, 0.5) is 0 Å². The zero-order chi connectivity index (χ0) is 9.26. The van der Waals surface area contributed by atoms with Gasteiger partial charge in [0, 0.05) is 24.7 Å². The van der Waals surface area contributed by atoms with Crippen molar-refractivity contribution in [3.8, 4) is 0 Å². The molecule has 1 aliphatic rings. The molecular weight excluding hydrogens is 184 g/mol. The Morgan fingerprint density at radius 1 is 1.46 bits per heavy atom. The number of thioether (sulfide) groups is 1. The highest BCUT2D eigenvalue weighted by Crippen LogP contribution is 2.18. The maximum atomic E-state index is 11.1. The lowest BCUT2D eigenvalue weighted by molar-refractivity contribution is -0.118. The fraction of sp³-hybridized carbons (Fsp3) is 0.444. The van der Waals surface area contributed by atoms with Crippen molar-refractivity contribution in [1.29, 1.82) is 0 Å².